The third kappa shape index (κ3) is 3.42. The molecule has 0 amide bonds. The molecule has 0 spiro atoms. The van der Waals surface area contributed by atoms with Gasteiger partial charge in [-0.25, -0.2) is 0 Å². The average Bonchev–Trinajstić information content (AvgIpc) is 3.35. The molecule has 40 heavy (non-hydrogen) atoms. The zero-order valence-electron chi connectivity index (χ0n) is 21.7. The predicted molar refractivity (Wildman–Crippen MR) is 166 cm³/mol. The summed E-state index contributed by atoms with van der Waals surface area (Å²) >= 11 is 0.563. The van der Waals surface area contributed by atoms with Gasteiger partial charge in [0.15, 0.2) is 0 Å². The van der Waals surface area contributed by atoms with Gasteiger partial charge in [0.05, 0.1) is 0 Å². The topological polar surface area (TPSA) is 43.6 Å². The fraction of sp³-hybridized carbons (Fsp3) is 0.121. The predicted octanol–water partition coefficient (Wildman–Crippen LogP) is 0.814. The molecule has 0 fully saturated rings. The van der Waals surface area contributed by atoms with Gasteiger partial charge in [-0.15, -0.1) is 0 Å². The van der Waals surface area contributed by atoms with Gasteiger partial charge >= 0.3 is 247 Å². The molecule has 3 aliphatic rings. The maximum absolute atomic E-state index is 4.43. The van der Waals surface area contributed by atoms with Crippen LogP contribution in [0.15, 0.2) is 91.5 Å². The summed E-state index contributed by atoms with van der Waals surface area (Å²) in [6, 6.07) is 30.3. The molecule has 9 rings (SSSR count). The second-order valence-corrected chi connectivity index (χ2v) is 15.3. The second-order valence-electron chi connectivity index (χ2n) is 10.7. The molecule has 190 valence electrons. The Bertz CT molecular complexity index is 1980. The second kappa shape index (κ2) is 9.02. The Morgan fingerprint density at radius 2 is 1.52 bits per heavy atom. The molecular weight excluding hydrogens is 621 g/mol. The summed E-state index contributed by atoms with van der Waals surface area (Å²) in [5.74, 6) is 0.743. The minimum absolute atomic E-state index is 0.251. The van der Waals surface area contributed by atoms with Crippen LogP contribution in [-0.4, -0.2) is 56.1 Å². The molecule has 0 radical (unpaired) electrons. The quantitative estimate of drug-likeness (QED) is 0.262. The molecule has 6 aromatic rings. The third-order valence-electron chi connectivity index (χ3n) is 8.57. The zero-order valence-corrected chi connectivity index (χ0v) is 25.1. The van der Waals surface area contributed by atoms with Crippen molar-refractivity contribution in [2.24, 2.45) is 0 Å². The molecule has 4 aromatic carbocycles. The Kier molecular flexibility index (Phi) is 5.25. The Morgan fingerprint density at radius 1 is 0.700 bits per heavy atom. The van der Waals surface area contributed by atoms with Crippen molar-refractivity contribution < 1.29 is 0 Å². The van der Waals surface area contributed by atoms with Crippen molar-refractivity contribution in [2.75, 3.05) is 0 Å². The van der Waals surface area contributed by atoms with E-state index in [0.717, 1.165) is 17.8 Å². The third-order valence-corrected chi connectivity index (χ3v) is 13.4. The first-order chi connectivity index (χ1) is 19.8. The van der Waals surface area contributed by atoms with Gasteiger partial charge in [-0.3, -0.25) is 0 Å². The first kappa shape index (κ1) is 23.3. The molecule has 0 atom stereocenters. The number of nitrogens with zero attached hydrogens (tertiary/aromatic N) is 4. The maximum atomic E-state index is 4.43. The summed E-state index contributed by atoms with van der Waals surface area (Å²) in [7, 11) is 0. The number of hydrogen-bond donors (Lipinski definition) is 0. The van der Waals surface area contributed by atoms with Crippen LogP contribution in [0.1, 0.15) is 24.1 Å². The number of rotatable bonds is 2. The van der Waals surface area contributed by atoms with Crippen molar-refractivity contribution in [3.05, 3.63) is 103 Å². The summed E-state index contributed by atoms with van der Waals surface area (Å²) in [5.41, 5.74) is 11.3. The number of hydrogen-bond acceptors (Lipinski definition) is 3. The van der Waals surface area contributed by atoms with E-state index in [9.17, 15) is 0 Å². The Hall–Kier alpha value is -3.47. The monoisotopic (exact) mass is 646 g/mol. The summed E-state index contributed by atoms with van der Waals surface area (Å²) in [4.78, 5) is 12.9. The molecule has 1 aliphatic carbocycles. The van der Waals surface area contributed by atoms with Gasteiger partial charge in [0.25, 0.3) is 0 Å². The standard InChI is InChI=1S/C33H23BN4Se2/c1-3-8-26-22(6-1)23-7-2-4-9-27(23)38(26)21-13-15-28-25(17-21)34-24-14-12-20(33-36-18-35-19-37-33)16-31(24)40-30-11-5-10-29(39-28)32(30)34/h1,3,5-6,8,10-19H,2,4,7,9H2. The summed E-state index contributed by atoms with van der Waals surface area (Å²) < 4.78 is 8.61. The molecular formula is C33H23BN4Se2. The van der Waals surface area contributed by atoms with Crippen molar-refractivity contribution in [2.45, 2.75) is 25.7 Å². The Labute approximate surface area is 245 Å². The van der Waals surface area contributed by atoms with Gasteiger partial charge in [-0.05, 0) is 0 Å². The van der Waals surface area contributed by atoms with Crippen LogP contribution in [0.5, 0.6) is 0 Å². The SMILES string of the molecule is c1cc2c3c(c1)[Se]c1ccc(-n4c5c(c6ccccc64)CCCC5)cc1B3c1ccc(-c3ncncn3)cc1[Se]2. The Morgan fingerprint density at radius 3 is 2.42 bits per heavy atom. The van der Waals surface area contributed by atoms with E-state index in [2.05, 4.69) is 98.4 Å². The molecule has 0 bridgehead atoms. The van der Waals surface area contributed by atoms with Crippen LogP contribution in [0.3, 0.4) is 0 Å². The first-order valence-electron chi connectivity index (χ1n) is 13.8. The van der Waals surface area contributed by atoms with Crippen LogP contribution in [0.4, 0.5) is 0 Å². The van der Waals surface area contributed by atoms with Gasteiger partial charge in [-0.1, -0.05) is 0 Å². The van der Waals surface area contributed by atoms with Crippen LogP contribution < -0.4 is 34.2 Å². The van der Waals surface area contributed by atoms with Crippen molar-refractivity contribution in [1.29, 1.82) is 0 Å². The van der Waals surface area contributed by atoms with Gasteiger partial charge in [-0.2, -0.15) is 0 Å². The van der Waals surface area contributed by atoms with Crippen LogP contribution in [0, 0.1) is 0 Å². The summed E-state index contributed by atoms with van der Waals surface area (Å²) in [5, 5.41) is 1.43. The van der Waals surface area contributed by atoms with Crippen molar-refractivity contribution in [3.8, 4) is 17.1 Å². The molecule has 4 heterocycles. The van der Waals surface area contributed by atoms with Crippen LogP contribution in [0.2, 0.25) is 0 Å². The van der Waals surface area contributed by atoms with Gasteiger partial charge in [0.1, 0.15) is 0 Å². The van der Waals surface area contributed by atoms with E-state index in [1.807, 2.05) is 0 Å². The number of aromatic nitrogens is 4. The number of aryl methyl sites for hydroxylation is 1. The van der Waals surface area contributed by atoms with Gasteiger partial charge in [0.2, 0.25) is 0 Å². The zero-order chi connectivity index (χ0) is 26.2. The van der Waals surface area contributed by atoms with E-state index in [4.69, 9.17) is 0 Å². The first-order valence-corrected chi connectivity index (χ1v) is 17.3. The van der Waals surface area contributed by atoms with E-state index < -0.39 is 0 Å². The molecule has 0 saturated carbocycles. The molecule has 0 N–H and O–H groups in total. The molecule has 4 nitrogen and oxygen atoms in total. The summed E-state index contributed by atoms with van der Waals surface area (Å²) in [6.45, 7) is 0.271. The fourth-order valence-electron chi connectivity index (χ4n) is 6.87. The van der Waals surface area contributed by atoms with E-state index in [0.29, 0.717) is 15.0 Å². The normalized spacial score (nSPS) is 14.8. The van der Waals surface area contributed by atoms with Crippen LogP contribution >= 0.6 is 0 Å². The van der Waals surface area contributed by atoms with Gasteiger partial charge < -0.3 is 0 Å². The number of fused-ring (bicyclic) bond motifs is 7. The van der Waals surface area contributed by atoms with Crippen LogP contribution in [0.25, 0.3) is 28.0 Å². The van der Waals surface area contributed by atoms with E-state index in [-0.39, 0.29) is 21.7 Å². The minimum atomic E-state index is 0.251. The van der Waals surface area contributed by atoms with E-state index >= 15 is 0 Å². The van der Waals surface area contributed by atoms with Gasteiger partial charge in [0, 0.05) is 0 Å². The van der Waals surface area contributed by atoms with Crippen molar-refractivity contribution in [1.82, 2.24) is 19.5 Å². The van der Waals surface area contributed by atoms with E-state index in [1.165, 1.54) is 65.9 Å². The van der Waals surface area contributed by atoms with E-state index in [1.54, 1.807) is 28.1 Å². The molecule has 2 aliphatic heterocycles. The number of para-hydroxylation sites is 1. The van der Waals surface area contributed by atoms with Crippen molar-refractivity contribution >= 4 is 81.8 Å². The number of benzene rings is 4. The van der Waals surface area contributed by atoms with Crippen LogP contribution in [-0.2, 0) is 12.8 Å². The fourth-order valence-corrected chi connectivity index (χ4v) is 12.2. The van der Waals surface area contributed by atoms with Crippen molar-refractivity contribution in [3.63, 3.8) is 0 Å². The molecule has 0 saturated heterocycles. The molecule has 7 heteroatoms. The Balaban J connectivity index is 1.25. The molecule has 0 unspecified atom stereocenters. The average molecular weight is 644 g/mol. The summed E-state index contributed by atoms with van der Waals surface area (Å²) in [6.07, 6.45) is 8.08. The molecule has 2 aromatic heterocycles.